The molecule has 0 unspecified atom stereocenters. The summed E-state index contributed by atoms with van der Waals surface area (Å²) in [4.78, 5) is 20.8. The van der Waals surface area contributed by atoms with Gasteiger partial charge in [0.2, 0.25) is 0 Å². The fourth-order valence-electron chi connectivity index (χ4n) is 2.87. The predicted octanol–water partition coefficient (Wildman–Crippen LogP) is 3.35. The first-order chi connectivity index (χ1) is 13.5. The summed E-state index contributed by atoms with van der Waals surface area (Å²) in [5.74, 6) is -0.0814. The van der Waals surface area contributed by atoms with Crippen LogP contribution in [-0.2, 0) is 6.54 Å². The number of hydrogen-bond donors (Lipinski definition) is 3. The van der Waals surface area contributed by atoms with Crippen molar-refractivity contribution in [2.24, 2.45) is 11.5 Å². The van der Waals surface area contributed by atoms with Gasteiger partial charge in [-0.1, -0.05) is 35.9 Å². The second kappa shape index (κ2) is 7.30. The minimum absolute atomic E-state index is 0.242. The second-order valence-electron chi connectivity index (χ2n) is 6.21. The normalized spacial score (nSPS) is 10.9. The average Bonchev–Trinajstić information content (AvgIpc) is 3.15. The predicted molar refractivity (Wildman–Crippen MR) is 110 cm³/mol. The zero-order valence-electron chi connectivity index (χ0n) is 14.8. The maximum atomic E-state index is 11.8. The van der Waals surface area contributed by atoms with E-state index in [9.17, 15) is 4.79 Å². The summed E-state index contributed by atoms with van der Waals surface area (Å²) in [6, 6.07) is 15.0. The lowest BCUT2D eigenvalue weighted by molar-refractivity contribution is 0.0994. The van der Waals surface area contributed by atoms with Crippen molar-refractivity contribution in [3.05, 3.63) is 77.2 Å². The number of hydrogen-bond acceptors (Lipinski definition) is 5. The Morgan fingerprint density at radius 3 is 2.46 bits per heavy atom. The molecule has 0 saturated carbocycles. The Morgan fingerprint density at radius 1 is 1.11 bits per heavy atom. The minimum atomic E-state index is -0.587. The summed E-state index contributed by atoms with van der Waals surface area (Å²) in [5.41, 5.74) is 15.3. The molecule has 140 valence electrons. The molecule has 2 heterocycles. The van der Waals surface area contributed by atoms with E-state index in [-0.39, 0.29) is 5.69 Å². The van der Waals surface area contributed by atoms with Crippen LogP contribution in [0.5, 0.6) is 0 Å². The maximum absolute atomic E-state index is 11.8. The second-order valence-corrected chi connectivity index (χ2v) is 6.65. The van der Waals surface area contributed by atoms with Gasteiger partial charge in [-0.25, -0.2) is 9.97 Å². The molecule has 2 aromatic carbocycles. The molecule has 0 aliphatic heterocycles. The quantitative estimate of drug-likeness (QED) is 0.482. The van der Waals surface area contributed by atoms with Crippen LogP contribution in [-0.4, -0.2) is 20.3 Å². The van der Waals surface area contributed by atoms with Crippen LogP contribution in [0.1, 0.15) is 16.1 Å². The molecule has 0 aliphatic rings. The highest BCUT2D eigenvalue weighted by molar-refractivity contribution is 6.30. The van der Waals surface area contributed by atoms with Gasteiger partial charge in [0.1, 0.15) is 5.69 Å². The van der Waals surface area contributed by atoms with Gasteiger partial charge in [-0.2, -0.15) is 0 Å². The molecule has 2 aromatic heterocycles. The van der Waals surface area contributed by atoms with E-state index in [2.05, 4.69) is 15.3 Å². The van der Waals surface area contributed by atoms with Crippen molar-refractivity contribution in [1.82, 2.24) is 14.4 Å². The number of benzene rings is 2. The molecule has 4 aromatic rings. The number of nitrogens with one attached hydrogen (secondary N) is 1. The SMILES string of the molecule is NCc1ccc(Nc2ncc(C(N)=O)n3cc(-c4ccc(Cl)cc4)nc23)cc1. The van der Waals surface area contributed by atoms with E-state index < -0.39 is 5.91 Å². The third-order valence-electron chi connectivity index (χ3n) is 4.34. The number of carbonyl (C=O) groups excluding carboxylic acids is 1. The number of nitrogens with two attached hydrogens (primary N) is 2. The number of anilines is 2. The fourth-order valence-corrected chi connectivity index (χ4v) is 2.99. The molecule has 0 radical (unpaired) electrons. The van der Waals surface area contributed by atoms with Crippen molar-refractivity contribution in [3.8, 4) is 11.3 Å². The lowest BCUT2D eigenvalue weighted by Gasteiger charge is -2.09. The van der Waals surface area contributed by atoms with Gasteiger partial charge in [-0.05, 0) is 29.8 Å². The van der Waals surface area contributed by atoms with E-state index in [0.717, 1.165) is 16.8 Å². The lowest BCUT2D eigenvalue weighted by atomic mass is 10.2. The summed E-state index contributed by atoms with van der Waals surface area (Å²) in [6.07, 6.45) is 3.18. The Hall–Kier alpha value is -3.42. The summed E-state index contributed by atoms with van der Waals surface area (Å²) in [6.45, 7) is 0.473. The molecule has 7 nitrogen and oxygen atoms in total. The lowest BCUT2D eigenvalue weighted by Crippen LogP contribution is -2.16. The number of halogens is 1. The van der Waals surface area contributed by atoms with Crippen LogP contribution >= 0.6 is 11.6 Å². The number of imidazole rings is 1. The Labute approximate surface area is 166 Å². The van der Waals surface area contributed by atoms with E-state index in [1.165, 1.54) is 6.20 Å². The van der Waals surface area contributed by atoms with Gasteiger partial charge >= 0.3 is 0 Å². The molecule has 0 atom stereocenters. The highest BCUT2D eigenvalue weighted by Gasteiger charge is 2.15. The van der Waals surface area contributed by atoms with Crippen LogP contribution in [0.3, 0.4) is 0 Å². The molecular weight excluding hydrogens is 376 g/mol. The Kier molecular flexibility index (Phi) is 4.68. The topological polar surface area (TPSA) is 111 Å². The summed E-state index contributed by atoms with van der Waals surface area (Å²) in [5, 5.41) is 3.86. The maximum Gasteiger partial charge on any atom is 0.267 e. The van der Waals surface area contributed by atoms with Crippen LogP contribution in [0.15, 0.2) is 60.9 Å². The number of aromatic nitrogens is 3. The largest absolute Gasteiger partial charge is 0.364 e. The molecule has 4 rings (SSSR count). The number of primary amides is 1. The standard InChI is InChI=1S/C20H17ClN6O/c21-14-5-3-13(4-6-14)16-11-27-17(18(23)28)10-24-19(20(27)26-16)25-15-7-1-12(9-22)2-8-15/h1-8,10-11H,9,22H2,(H2,23,28)(H,24,25). The van der Waals surface area contributed by atoms with Crippen LogP contribution < -0.4 is 16.8 Å². The van der Waals surface area contributed by atoms with Crippen LogP contribution in [0.2, 0.25) is 5.02 Å². The van der Waals surface area contributed by atoms with E-state index in [1.54, 1.807) is 22.7 Å². The molecule has 5 N–H and O–H groups in total. The van der Waals surface area contributed by atoms with E-state index in [1.807, 2.05) is 36.4 Å². The smallest absolute Gasteiger partial charge is 0.267 e. The van der Waals surface area contributed by atoms with Gasteiger partial charge in [0.25, 0.3) is 5.91 Å². The monoisotopic (exact) mass is 392 g/mol. The number of nitrogens with zero attached hydrogens (tertiary/aromatic N) is 3. The molecule has 0 saturated heterocycles. The number of carbonyl (C=O) groups is 1. The Bertz CT molecular complexity index is 1150. The Morgan fingerprint density at radius 2 is 1.82 bits per heavy atom. The molecule has 28 heavy (non-hydrogen) atoms. The summed E-state index contributed by atoms with van der Waals surface area (Å²) in [7, 11) is 0. The fraction of sp³-hybridized carbons (Fsp3) is 0.0500. The van der Waals surface area contributed by atoms with Gasteiger partial charge in [0.15, 0.2) is 11.5 Å². The molecule has 1 amide bonds. The molecular formula is C20H17ClN6O. The van der Waals surface area contributed by atoms with Crippen molar-refractivity contribution in [2.45, 2.75) is 6.54 Å². The minimum Gasteiger partial charge on any atom is -0.364 e. The molecule has 0 aliphatic carbocycles. The number of rotatable bonds is 5. The van der Waals surface area contributed by atoms with E-state index in [4.69, 9.17) is 23.1 Å². The third-order valence-corrected chi connectivity index (χ3v) is 4.59. The van der Waals surface area contributed by atoms with Gasteiger partial charge < -0.3 is 16.8 Å². The Balaban J connectivity index is 1.81. The van der Waals surface area contributed by atoms with E-state index >= 15 is 0 Å². The average molecular weight is 393 g/mol. The molecule has 8 heteroatoms. The zero-order valence-corrected chi connectivity index (χ0v) is 15.5. The van der Waals surface area contributed by atoms with Gasteiger partial charge in [0, 0.05) is 29.0 Å². The van der Waals surface area contributed by atoms with Crippen LogP contribution in [0.25, 0.3) is 16.9 Å². The van der Waals surface area contributed by atoms with Crippen molar-refractivity contribution >= 4 is 34.7 Å². The van der Waals surface area contributed by atoms with Crippen molar-refractivity contribution in [2.75, 3.05) is 5.32 Å². The highest BCUT2D eigenvalue weighted by Crippen LogP contribution is 2.26. The van der Waals surface area contributed by atoms with Gasteiger partial charge in [-0.15, -0.1) is 0 Å². The van der Waals surface area contributed by atoms with E-state index in [0.29, 0.717) is 28.7 Å². The van der Waals surface area contributed by atoms with Crippen LogP contribution in [0.4, 0.5) is 11.5 Å². The molecule has 0 fully saturated rings. The summed E-state index contributed by atoms with van der Waals surface area (Å²) < 4.78 is 1.63. The first kappa shape index (κ1) is 18.0. The highest BCUT2D eigenvalue weighted by atomic mass is 35.5. The van der Waals surface area contributed by atoms with Crippen molar-refractivity contribution in [1.29, 1.82) is 0 Å². The number of amides is 1. The first-order valence-electron chi connectivity index (χ1n) is 8.55. The van der Waals surface area contributed by atoms with Crippen molar-refractivity contribution < 1.29 is 4.79 Å². The third kappa shape index (κ3) is 3.40. The van der Waals surface area contributed by atoms with Gasteiger partial charge in [-0.3, -0.25) is 9.20 Å². The first-order valence-corrected chi connectivity index (χ1v) is 8.93. The molecule has 0 spiro atoms. The van der Waals surface area contributed by atoms with Crippen molar-refractivity contribution in [3.63, 3.8) is 0 Å². The molecule has 0 bridgehead atoms. The zero-order chi connectivity index (χ0) is 19.7. The summed E-state index contributed by atoms with van der Waals surface area (Å²) >= 11 is 5.97. The van der Waals surface area contributed by atoms with Crippen LogP contribution in [0, 0.1) is 0 Å². The van der Waals surface area contributed by atoms with Gasteiger partial charge in [0.05, 0.1) is 11.9 Å². The number of fused-ring (bicyclic) bond motifs is 1.